The van der Waals surface area contributed by atoms with E-state index in [2.05, 4.69) is 20.2 Å². The Hall–Kier alpha value is -2.01. The average molecular weight is 152 g/mol. The quantitative estimate of drug-likeness (QED) is 0.363. The fourth-order valence-corrected chi connectivity index (χ4v) is 0.581. The van der Waals surface area contributed by atoms with Crippen molar-refractivity contribution in [2.45, 2.75) is 0 Å². The van der Waals surface area contributed by atoms with Gasteiger partial charge in [0.2, 0.25) is 0 Å². The van der Waals surface area contributed by atoms with Crippen LogP contribution in [0.25, 0.3) is 10.4 Å². The van der Waals surface area contributed by atoms with E-state index in [9.17, 15) is 4.79 Å². The van der Waals surface area contributed by atoms with E-state index in [1.165, 1.54) is 6.20 Å². The van der Waals surface area contributed by atoms with Gasteiger partial charge in [0.25, 0.3) is 5.91 Å². The number of azide groups is 1. The van der Waals surface area contributed by atoms with Gasteiger partial charge < -0.3 is 5.73 Å². The first-order valence-electron chi connectivity index (χ1n) is 2.64. The Bertz CT molecular complexity index is 305. The van der Waals surface area contributed by atoms with Crippen molar-refractivity contribution in [1.82, 2.24) is 10.2 Å². The molecule has 0 unspecified atom stereocenters. The third-order valence-corrected chi connectivity index (χ3v) is 1.03. The van der Waals surface area contributed by atoms with Crippen LogP contribution in [-0.4, -0.2) is 16.1 Å². The van der Waals surface area contributed by atoms with Crippen LogP contribution in [0.3, 0.4) is 0 Å². The smallest absolute Gasteiger partial charge is 0.252 e. The zero-order valence-electron chi connectivity index (χ0n) is 5.35. The number of hydrogen-bond acceptors (Lipinski definition) is 3. The number of aromatic nitrogens is 2. The summed E-state index contributed by atoms with van der Waals surface area (Å²) in [5.41, 5.74) is 13.0. The number of H-pyrrole nitrogens is 1. The minimum Gasteiger partial charge on any atom is -0.365 e. The molecule has 7 heteroatoms. The molecule has 1 amide bonds. The van der Waals surface area contributed by atoms with Crippen molar-refractivity contribution >= 4 is 11.7 Å². The summed E-state index contributed by atoms with van der Waals surface area (Å²) >= 11 is 0. The normalized spacial score (nSPS) is 8.73. The van der Waals surface area contributed by atoms with Crippen LogP contribution < -0.4 is 5.73 Å². The van der Waals surface area contributed by atoms with Crippen LogP contribution in [0, 0.1) is 0 Å². The Morgan fingerprint density at radius 3 is 3.18 bits per heavy atom. The van der Waals surface area contributed by atoms with E-state index in [0.717, 1.165) is 0 Å². The molecule has 0 aliphatic carbocycles. The van der Waals surface area contributed by atoms with Crippen molar-refractivity contribution in [3.05, 3.63) is 22.2 Å². The Labute approximate surface area is 60.8 Å². The van der Waals surface area contributed by atoms with Gasteiger partial charge in [0.15, 0.2) is 0 Å². The van der Waals surface area contributed by atoms with Crippen molar-refractivity contribution in [1.29, 1.82) is 0 Å². The zero-order valence-corrected chi connectivity index (χ0v) is 5.35. The second-order valence-corrected chi connectivity index (χ2v) is 1.69. The van der Waals surface area contributed by atoms with Crippen LogP contribution >= 0.6 is 0 Å². The zero-order chi connectivity index (χ0) is 8.27. The molecule has 0 aliphatic rings. The predicted octanol–water partition coefficient (Wildman–Crippen LogP) is 0.450. The number of carbonyl (C=O) groups excluding carboxylic acids is 1. The van der Waals surface area contributed by atoms with Crippen LogP contribution in [-0.2, 0) is 0 Å². The number of amides is 1. The van der Waals surface area contributed by atoms with Crippen LogP contribution in [0.5, 0.6) is 0 Å². The van der Waals surface area contributed by atoms with Gasteiger partial charge in [0.05, 0.1) is 11.8 Å². The van der Waals surface area contributed by atoms with Gasteiger partial charge in [-0.2, -0.15) is 5.10 Å². The number of nitrogens with zero attached hydrogens (tertiary/aromatic N) is 4. The second kappa shape index (κ2) is 2.72. The van der Waals surface area contributed by atoms with E-state index in [0.29, 0.717) is 0 Å². The number of carbonyl (C=O) groups is 1. The molecule has 1 heterocycles. The highest BCUT2D eigenvalue weighted by molar-refractivity contribution is 5.96. The molecule has 0 radical (unpaired) electrons. The average Bonchev–Trinajstić information content (AvgIpc) is 2.36. The second-order valence-electron chi connectivity index (χ2n) is 1.69. The molecule has 0 bridgehead atoms. The third-order valence-electron chi connectivity index (χ3n) is 1.03. The Morgan fingerprint density at radius 2 is 2.64 bits per heavy atom. The summed E-state index contributed by atoms with van der Waals surface area (Å²) in [5, 5.41) is 8.94. The van der Waals surface area contributed by atoms with Gasteiger partial charge in [-0.15, -0.1) is 0 Å². The monoisotopic (exact) mass is 152 g/mol. The maximum atomic E-state index is 10.5. The van der Waals surface area contributed by atoms with Crippen LogP contribution in [0.15, 0.2) is 11.3 Å². The summed E-state index contributed by atoms with van der Waals surface area (Å²) in [4.78, 5) is 13.0. The molecule has 0 saturated heterocycles. The highest BCUT2D eigenvalue weighted by Gasteiger charge is 2.07. The molecule has 0 atom stereocenters. The van der Waals surface area contributed by atoms with Gasteiger partial charge >= 0.3 is 0 Å². The minimum absolute atomic E-state index is 0.0417. The van der Waals surface area contributed by atoms with Crippen molar-refractivity contribution in [3.8, 4) is 0 Å². The standard InChI is InChI=1S/C4H4N6O/c5-3(11)2-1-7-8-4(2)9-10-6/h1H,(H2,5,11)(H,7,8). The van der Waals surface area contributed by atoms with Crippen molar-refractivity contribution in [2.24, 2.45) is 10.8 Å². The lowest BCUT2D eigenvalue weighted by molar-refractivity contribution is 0.100. The van der Waals surface area contributed by atoms with E-state index < -0.39 is 5.91 Å². The Morgan fingerprint density at radius 1 is 1.91 bits per heavy atom. The van der Waals surface area contributed by atoms with Crippen molar-refractivity contribution in [2.75, 3.05) is 0 Å². The number of aromatic amines is 1. The fourth-order valence-electron chi connectivity index (χ4n) is 0.581. The van der Waals surface area contributed by atoms with Gasteiger partial charge in [-0.25, -0.2) is 0 Å². The lowest BCUT2D eigenvalue weighted by Crippen LogP contribution is -2.09. The first kappa shape index (κ1) is 7.10. The van der Waals surface area contributed by atoms with Gasteiger partial charge in [0.1, 0.15) is 5.82 Å². The summed E-state index contributed by atoms with van der Waals surface area (Å²) < 4.78 is 0. The van der Waals surface area contributed by atoms with E-state index in [4.69, 9.17) is 11.3 Å². The summed E-state index contributed by atoms with van der Waals surface area (Å²) in [6.45, 7) is 0. The van der Waals surface area contributed by atoms with Crippen LogP contribution in [0.1, 0.15) is 10.4 Å². The topological polar surface area (TPSA) is 121 Å². The van der Waals surface area contributed by atoms with E-state index in [-0.39, 0.29) is 11.4 Å². The van der Waals surface area contributed by atoms with Crippen molar-refractivity contribution in [3.63, 3.8) is 0 Å². The SMILES string of the molecule is [N-]=[N+]=Nc1[nH]ncc1C(N)=O. The maximum Gasteiger partial charge on any atom is 0.252 e. The first-order valence-corrected chi connectivity index (χ1v) is 2.64. The maximum absolute atomic E-state index is 10.5. The molecular formula is C4H4N6O. The summed E-state index contributed by atoms with van der Waals surface area (Å²) in [5.74, 6) is -0.638. The molecule has 1 rings (SSSR count). The molecule has 0 saturated carbocycles. The van der Waals surface area contributed by atoms with Crippen LogP contribution in [0.4, 0.5) is 5.82 Å². The number of nitrogens with one attached hydrogen (secondary N) is 1. The fraction of sp³-hybridized carbons (Fsp3) is 0. The van der Waals surface area contributed by atoms with E-state index in [1.807, 2.05) is 0 Å². The molecule has 7 nitrogen and oxygen atoms in total. The van der Waals surface area contributed by atoms with E-state index in [1.54, 1.807) is 0 Å². The molecule has 56 valence electrons. The molecule has 0 aliphatic heterocycles. The minimum atomic E-state index is -0.679. The summed E-state index contributed by atoms with van der Waals surface area (Å²) in [6, 6.07) is 0. The molecule has 0 aromatic carbocycles. The highest BCUT2D eigenvalue weighted by atomic mass is 16.1. The summed E-state index contributed by atoms with van der Waals surface area (Å²) in [7, 11) is 0. The molecule has 1 aromatic heterocycles. The van der Waals surface area contributed by atoms with E-state index >= 15 is 0 Å². The number of hydrogen-bond donors (Lipinski definition) is 2. The molecule has 0 fully saturated rings. The summed E-state index contributed by atoms with van der Waals surface area (Å²) in [6.07, 6.45) is 1.20. The predicted molar refractivity (Wildman–Crippen MR) is 35.9 cm³/mol. The van der Waals surface area contributed by atoms with Gasteiger partial charge in [-0.1, -0.05) is 0 Å². The lowest BCUT2D eigenvalue weighted by atomic mass is 10.3. The van der Waals surface area contributed by atoms with Gasteiger partial charge in [-0.3, -0.25) is 9.89 Å². The number of rotatable bonds is 2. The lowest BCUT2D eigenvalue weighted by Gasteiger charge is -1.86. The highest BCUT2D eigenvalue weighted by Crippen LogP contribution is 2.12. The van der Waals surface area contributed by atoms with Gasteiger partial charge in [-0.05, 0) is 10.6 Å². The largest absolute Gasteiger partial charge is 0.365 e. The molecular weight excluding hydrogens is 148 g/mol. The Kier molecular flexibility index (Phi) is 1.75. The van der Waals surface area contributed by atoms with Gasteiger partial charge in [0, 0.05) is 4.91 Å². The first-order chi connectivity index (χ1) is 5.25. The Balaban J connectivity index is 3.15. The van der Waals surface area contributed by atoms with Crippen LogP contribution in [0.2, 0.25) is 0 Å². The number of primary amides is 1. The number of nitrogens with two attached hydrogens (primary N) is 1. The molecule has 11 heavy (non-hydrogen) atoms. The molecule has 0 spiro atoms. The molecule has 3 N–H and O–H groups in total. The molecule has 1 aromatic rings. The van der Waals surface area contributed by atoms with Crippen molar-refractivity contribution < 1.29 is 4.79 Å². The third kappa shape index (κ3) is 1.28.